The number of hydrogen-bond acceptors (Lipinski definition) is 7. The molecule has 0 aliphatic rings. The molecule has 3 rings (SSSR count). The molecule has 2 N–H and O–H groups in total. The monoisotopic (exact) mass is 399 g/mol. The molecule has 3 aromatic rings. The van der Waals surface area contributed by atoms with E-state index in [-0.39, 0.29) is 17.3 Å². The Morgan fingerprint density at radius 2 is 1.71 bits per heavy atom. The Hall–Kier alpha value is -3.39. The number of anilines is 4. The zero-order valence-corrected chi connectivity index (χ0v) is 16.0. The fourth-order valence-electron chi connectivity index (χ4n) is 2.58. The van der Waals surface area contributed by atoms with E-state index in [2.05, 4.69) is 20.6 Å². The molecule has 1 heterocycles. The first-order valence-electron chi connectivity index (χ1n) is 8.51. The fraction of sp³-hybridized carbons (Fsp3) is 0.158. The third-order valence-electron chi connectivity index (χ3n) is 3.97. The summed E-state index contributed by atoms with van der Waals surface area (Å²) >= 11 is 6.14. The molecule has 0 fully saturated rings. The van der Waals surface area contributed by atoms with Crippen molar-refractivity contribution in [3.63, 3.8) is 0 Å². The second kappa shape index (κ2) is 8.53. The van der Waals surface area contributed by atoms with E-state index in [4.69, 9.17) is 16.3 Å². The Kier molecular flexibility index (Phi) is 5.90. The van der Waals surface area contributed by atoms with E-state index in [0.29, 0.717) is 28.8 Å². The molecule has 1 aromatic heterocycles. The molecular weight excluding hydrogens is 382 g/mol. The van der Waals surface area contributed by atoms with Crippen LogP contribution in [0, 0.1) is 17.0 Å². The highest BCUT2D eigenvalue weighted by Crippen LogP contribution is 2.36. The number of para-hydroxylation sites is 2. The van der Waals surface area contributed by atoms with Crippen LogP contribution in [0.25, 0.3) is 0 Å². The molecule has 9 heteroatoms. The minimum Gasteiger partial charge on any atom is -0.492 e. The summed E-state index contributed by atoms with van der Waals surface area (Å²) in [6.45, 7) is 4.14. The predicted octanol–water partition coefficient (Wildman–Crippen LogP) is 5.23. The van der Waals surface area contributed by atoms with Gasteiger partial charge in [-0.25, -0.2) is 9.97 Å². The maximum Gasteiger partial charge on any atom is 0.353 e. The Bertz CT molecular complexity index is 1010. The van der Waals surface area contributed by atoms with Gasteiger partial charge in [-0.15, -0.1) is 0 Å². The van der Waals surface area contributed by atoms with Gasteiger partial charge in [-0.1, -0.05) is 29.8 Å². The summed E-state index contributed by atoms with van der Waals surface area (Å²) in [6, 6.07) is 12.4. The maximum absolute atomic E-state index is 11.8. The van der Waals surface area contributed by atoms with Crippen LogP contribution >= 0.6 is 11.6 Å². The number of nitrogens with zero attached hydrogens (tertiary/aromatic N) is 3. The molecule has 0 radical (unpaired) electrons. The van der Waals surface area contributed by atoms with Crippen LogP contribution in [0.5, 0.6) is 5.75 Å². The van der Waals surface area contributed by atoms with Crippen molar-refractivity contribution in [1.29, 1.82) is 0 Å². The topological polar surface area (TPSA) is 102 Å². The highest BCUT2D eigenvalue weighted by molar-refractivity contribution is 6.31. The molecule has 28 heavy (non-hydrogen) atoms. The molecule has 144 valence electrons. The molecule has 0 aliphatic heterocycles. The first-order valence-corrected chi connectivity index (χ1v) is 8.89. The average molecular weight is 400 g/mol. The highest BCUT2D eigenvalue weighted by Gasteiger charge is 2.24. The van der Waals surface area contributed by atoms with Crippen LogP contribution in [0.3, 0.4) is 0 Å². The second-order valence-electron chi connectivity index (χ2n) is 5.77. The van der Waals surface area contributed by atoms with E-state index < -0.39 is 4.92 Å². The van der Waals surface area contributed by atoms with Gasteiger partial charge in [0.25, 0.3) is 0 Å². The van der Waals surface area contributed by atoms with Gasteiger partial charge in [0.2, 0.25) is 11.6 Å². The van der Waals surface area contributed by atoms with Crippen molar-refractivity contribution >= 4 is 40.3 Å². The minimum atomic E-state index is -0.534. The summed E-state index contributed by atoms with van der Waals surface area (Å²) in [5.41, 5.74) is 1.66. The summed E-state index contributed by atoms with van der Waals surface area (Å²) in [7, 11) is 0. The van der Waals surface area contributed by atoms with Crippen molar-refractivity contribution in [2.75, 3.05) is 17.2 Å². The lowest BCUT2D eigenvalue weighted by atomic mass is 10.2. The molecule has 0 bridgehead atoms. The van der Waals surface area contributed by atoms with E-state index in [0.717, 1.165) is 5.56 Å². The lowest BCUT2D eigenvalue weighted by molar-refractivity contribution is -0.383. The number of rotatable bonds is 7. The van der Waals surface area contributed by atoms with Crippen LogP contribution in [-0.4, -0.2) is 21.5 Å². The van der Waals surface area contributed by atoms with Crippen molar-refractivity contribution in [3.8, 4) is 5.75 Å². The van der Waals surface area contributed by atoms with Crippen LogP contribution in [0.1, 0.15) is 12.5 Å². The van der Waals surface area contributed by atoms with Crippen molar-refractivity contribution in [2.45, 2.75) is 13.8 Å². The Morgan fingerprint density at radius 3 is 2.39 bits per heavy atom. The van der Waals surface area contributed by atoms with Crippen LogP contribution < -0.4 is 15.4 Å². The smallest absolute Gasteiger partial charge is 0.353 e. The molecular formula is C19H18ClN5O3. The summed E-state index contributed by atoms with van der Waals surface area (Å²) in [5.74, 6) is 0.675. The number of nitro groups is 1. The van der Waals surface area contributed by atoms with Gasteiger partial charge in [0.15, 0.2) is 0 Å². The number of ether oxygens (including phenoxy) is 1. The third-order valence-corrected chi connectivity index (χ3v) is 4.38. The van der Waals surface area contributed by atoms with Crippen LogP contribution in [-0.2, 0) is 0 Å². The molecule has 0 aliphatic carbocycles. The molecule has 0 amide bonds. The largest absolute Gasteiger partial charge is 0.492 e. The van der Waals surface area contributed by atoms with Gasteiger partial charge < -0.3 is 15.4 Å². The first kappa shape index (κ1) is 19.4. The zero-order chi connectivity index (χ0) is 20.1. The number of benzene rings is 2. The van der Waals surface area contributed by atoms with Gasteiger partial charge in [-0.05, 0) is 43.7 Å². The quantitative estimate of drug-likeness (QED) is 0.414. The summed E-state index contributed by atoms with van der Waals surface area (Å²) in [6.07, 6.45) is 1.25. The fourth-order valence-corrected chi connectivity index (χ4v) is 2.76. The number of aromatic nitrogens is 2. The van der Waals surface area contributed by atoms with Crippen molar-refractivity contribution in [3.05, 3.63) is 69.5 Å². The van der Waals surface area contributed by atoms with Gasteiger partial charge >= 0.3 is 5.69 Å². The van der Waals surface area contributed by atoms with Crippen molar-refractivity contribution < 1.29 is 9.66 Å². The molecule has 0 saturated heterocycles. The van der Waals surface area contributed by atoms with Gasteiger partial charge in [0.1, 0.15) is 12.1 Å². The molecule has 8 nitrogen and oxygen atoms in total. The molecule has 0 atom stereocenters. The van der Waals surface area contributed by atoms with Gasteiger partial charge in [-0.2, -0.15) is 0 Å². The number of nitrogens with one attached hydrogen (secondary N) is 2. The summed E-state index contributed by atoms with van der Waals surface area (Å²) in [5, 5.41) is 18.3. The summed E-state index contributed by atoms with van der Waals surface area (Å²) < 4.78 is 5.56. The van der Waals surface area contributed by atoms with E-state index >= 15 is 0 Å². The Labute approximate surface area is 166 Å². The van der Waals surface area contributed by atoms with E-state index in [1.807, 2.05) is 19.9 Å². The van der Waals surface area contributed by atoms with Gasteiger partial charge in [-0.3, -0.25) is 10.1 Å². The molecule has 0 unspecified atom stereocenters. The first-order chi connectivity index (χ1) is 13.5. The summed E-state index contributed by atoms with van der Waals surface area (Å²) in [4.78, 5) is 19.3. The second-order valence-corrected chi connectivity index (χ2v) is 6.18. The molecule has 0 saturated carbocycles. The van der Waals surface area contributed by atoms with E-state index in [1.54, 1.807) is 36.4 Å². The average Bonchev–Trinajstić information content (AvgIpc) is 2.67. The van der Waals surface area contributed by atoms with Crippen molar-refractivity contribution in [2.24, 2.45) is 0 Å². The third kappa shape index (κ3) is 4.12. The van der Waals surface area contributed by atoms with Crippen molar-refractivity contribution in [1.82, 2.24) is 9.97 Å². The van der Waals surface area contributed by atoms with Gasteiger partial charge in [0, 0.05) is 10.7 Å². The maximum atomic E-state index is 11.8. The predicted molar refractivity (Wildman–Crippen MR) is 109 cm³/mol. The number of halogens is 1. The lowest BCUT2D eigenvalue weighted by Crippen LogP contribution is -2.07. The van der Waals surface area contributed by atoms with Crippen LogP contribution in [0.2, 0.25) is 5.02 Å². The van der Waals surface area contributed by atoms with E-state index in [1.165, 1.54) is 6.33 Å². The lowest BCUT2D eigenvalue weighted by Gasteiger charge is -2.14. The van der Waals surface area contributed by atoms with Crippen LogP contribution in [0.15, 0.2) is 48.8 Å². The SMILES string of the molecule is CCOc1ccccc1Nc1ncnc(Nc2cccc(Cl)c2C)c1[N+](=O)[O-]. The van der Waals surface area contributed by atoms with E-state index in [9.17, 15) is 10.1 Å². The number of hydrogen-bond donors (Lipinski definition) is 2. The standard InChI is InChI=1S/C19H18ClN5O3/c1-3-28-16-10-5-4-8-15(16)24-19-17(25(26)27)18(21-11-22-19)23-14-9-6-7-13(20)12(14)2/h4-11H,3H2,1-2H3,(H2,21,22,23,24). The van der Waals surface area contributed by atoms with Crippen LogP contribution in [0.4, 0.5) is 28.7 Å². The highest BCUT2D eigenvalue weighted by atomic mass is 35.5. The zero-order valence-electron chi connectivity index (χ0n) is 15.3. The minimum absolute atomic E-state index is 0.0503. The molecule has 2 aromatic carbocycles. The Morgan fingerprint density at radius 1 is 1.07 bits per heavy atom. The molecule has 0 spiro atoms. The van der Waals surface area contributed by atoms with Gasteiger partial charge in [0.05, 0.1) is 17.2 Å². The normalized spacial score (nSPS) is 10.4. The Balaban J connectivity index is 2.01.